The molecule has 25 heavy (non-hydrogen) atoms. The minimum absolute atomic E-state index is 0.0533. The molecule has 2 aliphatic rings. The molecule has 0 aliphatic heterocycles. The summed E-state index contributed by atoms with van der Waals surface area (Å²) in [6.07, 6.45) is 7.87. The number of aryl methyl sites for hydroxylation is 1. The molecule has 0 unspecified atom stereocenters. The van der Waals surface area contributed by atoms with Crippen molar-refractivity contribution in [1.29, 1.82) is 0 Å². The topological polar surface area (TPSA) is 69.8 Å². The number of hydrogen-bond donors (Lipinski definition) is 3. The molecule has 1 saturated carbocycles. The average Bonchev–Trinajstić information content (AvgIpc) is 3.01. The number of aromatic nitrogens is 2. The van der Waals surface area contributed by atoms with Crippen LogP contribution >= 0.6 is 0 Å². The predicted octanol–water partition coefficient (Wildman–Crippen LogP) is 3.25. The minimum atomic E-state index is -0.251. The number of carbonyl (C=O) groups is 1. The van der Waals surface area contributed by atoms with Crippen LogP contribution in [-0.2, 0) is 12.8 Å². The van der Waals surface area contributed by atoms with Gasteiger partial charge in [-0.05, 0) is 61.3 Å². The van der Waals surface area contributed by atoms with E-state index < -0.39 is 0 Å². The fourth-order valence-electron chi connectivity index (χ4n) is 3.82. The number of aromatic amines is 1. The molecule has 2 atom stereocenters. The molecule has 0 bridgehead atoms. The third-order valence-corrected chi connectivity index (χ3v) is 5.49. The van der Waals surface area contributed by atoms with Gasteiger partial charge in [-0.15, -0.1) is 0 Å². The maximum atomic E-state index is 13.2. The monoisotopic (exact) mass is 342 g/mol. The highest BCUT2D eigenvalue weighted by Crippen LogP contribution is 2.37. The minimum Gasteiger partial charge on any atom is -0.335 e. The van der Waals surface area contributed by atoms with Gasteiger partial charge in [-0.25, -0.2) is 9.18 Å². The van der Waals surface area contributed by atoms with Crippen molar-refractivity contribution in [3.05, 3.63) is 53.1 Å². The number of carbonyl (C=O) groups excluding carboxylic acids is 1. The van der Waals surface area contributed by atoms with Gasteiger partial charge in [-0.3, -0.25) is 5.10 Å². The summed E-state index contributed by atoms with van der Waals surface area (Å²) >= 11 is 0. The Bertz CT molecular complexity index is 738. The molecule has 0 saturated heterocycles. The van der Waals surface area contributed by atoms with E-state index in [2.05, 4.69) is 20.8 Å². The zero-order chi connectivity index (χ0) is 17.2. The lowest BCUT2D eigenvalue weighted by molar-refractivity contribution is 0.204. The van der Waals surface area contributed by atoms with Crippen LogP contribution in [0.5, 0.6) is 0 Å². The third-order valence-electron chi connectivity index (χ3n) is 5.49. The first-order chi connectivity index (χ1) is 12.2. The van der Waals surface area contributed by atoms with E-state index >= 15 is 0 Å². The fraction of sp³-hybridized carbons (Fsp3) is 0.474. The smallest absolute Gasteiger partial charge is 0.315 e. The number of nitrogens with one attached hydrogen (secondary N) is 3. The predicted molar refractivity (Wildman–Crippen MR) is 92.6 cm³/mol. The van der Waals surface area contributed by atoms with Crippen LogP contribution in [0.4, 0.5) is 9.18 Å². The Morgan fingerprint density at radius 2 is 2.04 bits per heavy atom. The Morgan fingerprint density at radius 3 is 2.76 bits per heavy atom. The van der Waals surface area contributed by atoms with Crippen LogP contribution < -0.4 is 10.6 Å². The summed E-state index contributed by atoms with van der Waals surface area (Å²) < 4.78 is 13.2. The van der Waals surface area contributed by atoms with Gasteiger partial charge in [0, 0.05) is 11.7 Å². The number of hydrogen-bond acceptors (Lipinski definition) is 2. The van der Waals surface area contributed by atoms with Gasteiger partial charge < -0.3 is 10.6 Å². The summed E-state index contributed by atoms with van der Waals surface area (Å²) in [6.45, 7) is 0. The van der Waals surface area contributed by atoms with Gasteiger partial charge in [0.25, 0.3) is 0 Å². The molecule has 1 aromatic carbocycles. The number of amides is 2. The van der Waals surface area contributed by atoms with Crippen LogP contribution in [0.3, 0.4) is 0 Å². The highest BCUT2D eigenvalue weighted by molar-refractivity contribution is 5.75. The van der Waals surface area contributed by atoms with E-state index in [1.54, 1.807) is 12.1 Å². The third kappa shape index (κ3) is 3.52. The highest BCUT2D eigenvalue weighted by atomic mass is 19.1. The SMILES string of the molecule is O=C(N[C@H]1CCc2[nH]ncc2C1)N[C@H](c1ccc(F)cc1)C1CCC1. The van der Waals surface area contributed by atoms with E-state index in [0.29, 0.717) is 5.92 Å². The van der Waals surface area contributed by atoms with E-state index in [1.807, 2.05) is 6.20 Å². The Morgan fingerprint density at radius 1 is 1.24 bits per heavy atom. The molecule has 6 heteroatoms. The molecule has 2 amide bonds. The Balaban J connectivity index is 1.40. The van der Waals surface area contributed by atoms with Crippen LogP contribution in [0.15, 0.2) is 30.5 Å². The normalized spacial score (nSPS) is 21.1. The molecule has 0 spiro atoms. The van der Waals surface area contributed by atoms with E-state index in [4.69, 9.17) is 0 Å². The number of halogens is 1. The summed E-state index contributed by atoms with van der Waals surface area (Å²) in [7, 11) is 0. The molecule has 1 heterocycles. The van der Waals surface area contributed by atoms with E-state index in [9.17, 15) is 9.18 Å². The van der Waals surface area contributed by atoms with Gasteiger partial charge >= 0.3 is 6.03 Å². The molecular weight excluding hydrogens is 319 g/mol. The van der Waals surface area contributed by atoms with Crippen molar-refractivity contribution in [2.24, 2.45) is 5.92 Å². The zero-order valence-electron chi connectivity index (χ0n) is 14.1. The average molecular weight is 342 g/mol. The maximum Gasteiger partial charge on any atom is 0.315 e. The van der Waals surface area contributed by atoms with Crippen molar-refractivity contribution in [2.45, 2.75) is 50.6 Å². The Kier molecular flexibility index (Phi) is 4.42. The van der Waals surface area contributed by atoms with Gasteiger partial charge in [0.05, 0.1) is 12.2 Å². The summed E-state index contributed by atoms with van der Waals surface area (Å²) in [5.74, 6) is 0.182. The lowest BCUT2D eigenvalue weighted by Gasteiger charge is -2.35. The van der Waals surface area contributed by atoms with Crippen molar-refractivity contribution < 1.29 is 9.18 Å². The highest BCUT2D eigenvalue weighted by Gasteiger charge is 2.30. The second-order valence-corrected chi connectivity index (χ2v) is 7.15. The molecule has 1 aromatic heterocycles. The second kappa shape index (κ2) is 6.86. The van der Waals surface area contributed by atoms with Crippen LogP contribution in [0.2, 0.25) is 0 Å². The number of benzene rings is 1. The van der Waals surface area contributed by atoms with Gasteiger partial charge in [0.1, 0.15) is 5.82 Å². The zero-order valence-corrected chi connectivity index (χ0v) is 14.1. The summed E-state index contributed by atoms with van der Waals surface area (Å²) in [5, 5.41) is 13.3. The molecule has 4 rings (SSSR count). The van der Waals surface area contributed by atoms with Crippen LogP contribution in [0.1, 0.15) is 48.5 Å². The van der Waals surface area contributed by atoms with Crippen LogP contribution in [0.25, 0.3) is 0 Å². The van der Waals surface area contributed by atoms with Crippen molar-refractivity contribution in [1.82, 2.24) is 20.8 Å². The Hall–Kier alpha value is -2.37. The molecule has 1 fully saturated rings. The number of fused-ring (bicyclic) bond motifs is 1. The first kappa shape index (κ1) is 16.1. The lowest BCUT2D eigenvalue weighted by Crippen LogP contribution is -2.47. The maximum absolute atomic E-state index is 13.2. The van der Waals surface area contributed by atoms with E-state index in [0.717, 1.165) is 37.7 Å². The lowest BCUT2D eigenvalue weighted by atomic mass is 9.77. The molecule has 0 radical (unpaired) electrons. The van der Waals surface area contributed by atoms with E-state index in [-0.39, 0.29) is 23.9 Å². The molecule has 5 nitrogen and oxygen atoms in total. The number of rotatable bonds is 4. The van der Waals surface area contributed by atoms with Crippen molar-refractivity contribution in [2.75, 3.05) is 0 Å². The summed E-state index contributed by atoms with van der Waals surface area (Å²) in [6, 6.07) is 6.40. The van der Waals surface area contributed by atoms with Crippen LogP contribution in [-0.4, -0.2) is 22.3 Å². The largest absolute Gasteiger partial charge is 0.335 e. The van der Waals surface area contributed by atoms with E-state index in [1.165, 1.54) is 29.8 Å². The van der Waals surface area contributed by atoms with Crippen molar-refractivity contribution in [3.63, 3.8) is 0 Å². The molecule has 132 valence electrons. The number of nitrogens with zero attached hydrogens (tertiary/aromatic N) is 1. The second-order valence-electron chi connectivity index (χ2n) is 7.15. The first-order valence-electron chi connectivity index (χ1n) is 9.02. The van der Waals surface area contributed by atoms with Gasteiger partial charge in [0.2, 0.25) is 0 Å². The first-order valence-corrected chi connectivity index (χ1v) is 9.02. The van der Waals surface area contributed by atoms with Crippen molar-refractivity contribution in [3.8, 4) is 0 Å². The quantitative estimate of drug-likeness (QED) is 0.798. The fourth-order valence-corrected chi connectivity index (χ4v) is 3.82. The Labute approximate surface area is 146 Å². The van der Waals surface area contributed by atoms with Gasteiger partial charge in [-0.2, -0.15) is 5.10 Å². The van der Waals surface area contributed by atoms with Crippen molar-refractivity contribution >= 4 is 6.03 Å². The summed E-state index contributed by atoms with van der Waals surface area (Å²) in [4.78, 5) is 12.5. The van der Waals surface area contributed by atoms with Gasteiger partial charge in [0.15, 0.2) is 0 Å². The number of H-pyrrole nitrogens is 1. The van der Waals surface area contributed by atoms with Gasteiger partial charge in [-0.1, -0.05) is 18.6 Å². The number of urea groups is 1. The summed E-state index contributed by atoms with van der Waals surface area (Å²) in [5.41, 5.74) is 3.34. The van der Waals surface area contributed by atoms with Crippen LogP contribution in [0, 0.1) is 11.7 Å². The molecule has 2 aliphatic carbocycles. The molecule has 2 aromatic rings. The molecular formula is C19H23FN4O. The molecule has 3 N–H and O–H groups in total. The standard InChI is InChI=1S/C19H23FN4O/c20-15-6-4-13(5-7-15)18(12-2-1-3-12)23-19(25)22-16-8-9-17-14(10-16)11-21-24-17/h4-7,11-12,16,18H,1-3,8-10H2,(H,21,24)(H2,22,23,25)/t16-,18-/m0/s1.